The number of halogens is 2. The average molecular weight is 300 g/mol. The third-order valence-corrected chi connectivity index (χ3v) is 3.21. The van der Waals surface area contributed by atoms with Crippen molar-refractivity contribution in [2.24, 2.45) is 0 Å². The van der Waals surface area contributed by atoms with Gasteiger partial charge in [0.05, 0.1) is 7.11 Å². The Morgan fingerprint density at radius 2 is 2.29 bits per heavy atom. The molecule has 5 heteroatoms. The molecule has 0 amide bonds. The van der Waals surface area contributed by atoms with Crippen LogP contribution in [0.3, 0.4) is 0 Å². The van der Waals surface area contributed by atoms with Crippen molar-refractivity contribution in [1.82, 2.24) is 4.57 Å². The van der Waals surface area contributed by atoms with Gasteiger partial charge in [0.2, 0.25) is 0 Å². The highest BCUT2D eigenvalue weighted by Crippen LogP contribution is 2.18. The summed E-state index contributed by atoms with van der Waals surface area (Å²) in [5.41, 5.74) is 0.889. The fraction of sp³-hybridized carbons (Fsp3) is 0.250. The largest absolute Gasteiger partial charge is 0.468 e. The molecule has 1 unspecified atom stereocenters. The summed E-state index contributed by atoms with van der Waals surface area (Å²) in [5.74, 6) is -0.590. The van der Waals surface area contributed by atoms with Gasteiger partial charge in [0.1, 0.15) is 10.6 Å². The topological polar surface area (TPSA) is 31.2 Å². The zero-order chi connectivity index (χ0) is 12.4. The first-order valence-electron chi connectivity index (χ1n) is 5.08. The molecule has 0 fully saturated rings. The van der Waals surface area contributed by atoms with Gasteiger partial charge in [-0.2, -0.15) is 0 Å². The second kappa shape index (κ2) is 4.87. The monoisotopic (exact) mass is 299 g/mol. The van der Waals surface area contributed by atoms with Crippen molar-refractivity contribution in [1.29, 1.82) is 0 Å². The highest BCUT2D eigenvalue weighted by Gasteiger charge is 2.16. The lowest BCUT2D eigenvalue weighted by Crippen LogP contribution is -2.21. The lowest BCUT2D eigenvalue weighted by Gasteiger charge is -2.09. The molecule has 0 N–H and O–H groups in total. The fourth-order valence-electron chi connectivity index (χ4n) is 1.71. The smallest absolute Gasteiger partial charge is 0.321 e. The number of alkyl halides is 1. The number of benzene rings is 1. The van der Waals surface area contributed by atoms with Crippen LogP contribution in [-0.4, -0.2) is 22.5 Å². The number of aromatic nitrogens is 1. The van der Waals surface area contributed by atoms with Crippen LogP contribution in [0, 0.1) is 5.82 Å². The summed E-state index contributed by atoms with van der Waals surface area (Å²) >= 11 is 3.26. The number of rotatable bonds is 3. The predicted molar refractivity (Wildman–Crippen MR) is 66.6 cm³/mol. The maximum absolute atomic E-state index is 13.0. The van der Waals surface area contributed by atoms with E-state index >= 15 is 0 Å². The van der Waals surface area contributed by atoms with Crippen LogP contribution in [0.1, 0.15) is 0 Å². The molecule has 2 rings (SSSR count). The van der Waals surface area contributed by atoms with Crippen molar-refractivity contribution in [3.05, 3.63) is 36.3 Å². The maximum Gasteiger partial charge on any atom is 0.321 e. The maximum atomic E-state index is 13.0. The summed E-state index contributed by atoms with van der Waals surface area (Å²) in [6, 6.07) is 6.38. The molecule has 1 atom stereocenters. The highest BCUT2D eigenvalue weighted by molar-refractivity contribution is 9.10. The first kappa shape index (κ1) is 12.1. The van der Waals surface area contributed by atoms with Crippen molar-refractivity contribution >= 4 is 32.8 Å². The molecule has 0 aliphatic rings. The zero-order valence-electron chi connectivity index (χ0n) is 9.19. The van der Waals surface area contributed by atoms with Crippen molar-refractivity contribution in [2.45, 2.75) is 11.4 Å². The number of fused-ring (bicyclic) bond motifs is 1. The summed E-state index contributed by atoms with van der Waals surface area (Å²) in [7, 11) is 1.35. The van der Waals surface area contributed by atoms with Crippen LogP contribution in [0.15, 0.2) is 30.5 Å². The van der Waals surface area contributed by atoms with E-state index in [-0.39, 0.29) is 11.8 Å². The lowest BCUT2D eigenvalue weighted by atomic mass is 10.2. The Morgan fingerprint density at radius 3 is 3.00 bits per heavy atom. The van der Waals surface area contributed by atoms with Gasteiger partial charge >= 0.3 is 5.97 Å². The second-order valence-electron chi connectivity index (χ2n) is 3.66. The number of hydrogen-bond acceptors (Lipinski definition) is 2. The van der Waals surface area contributed by atoms with Gasteiger partial charge in [-0.15, -0.1) is 0 Å². The van der Waals surface area contributed by atoms with E-state index in [1.54, 1.807) is 6.07 Å². The fourth-order valence-corrected chi connectivity index (χ4v) is 2.20. The number of hydrogen-bond donors (Lipinski definition) is 0. The molecule has 0 saturated heterocycles. The van der Waals surface area contributed by atoms with Crippen molar-refractivity contribution in [2.75, 3.05) is 7.11 Å². The minimum Gasteiger partial charge on any atom is -0.468 e. The quantitative estimate of drug-likeness (QED) is 0.644. The van der Waals surface area contributed by atoms with Crippen molar-refractivity contribution in [3.8, 4) is 0 Å². The Labute approximate surface area is 106 Å². The number of carbonyl (C=O) groups excluding carboxylic acids is 1. The summed E-state index contributed by atoms with van der Waals surface area (Å²) in [6.07, 6.45) is 1.82. The van der Waals surface area contributed by atoms with Crippen LogP contribution in [0.25, 0.3) is 10.9 Å². The SMILES string of the molecule is COC(=O)C(Br)Cn1ccc2cc(F)ccc21. The van der Waals surface area contributed by atoms with Gasteiger partial charge in [-0.3, -0.25) is 4.79 Å². The number of nitrogens with zero attached hydrogens (tertiary/aromatic N) is 1. The molecule has 17 heavy (non-hydrogen) atoms. The zero-order valence-corrected chi connectivity index (χ0v) is 10.8. The van der Waals surface area contributed by atoms with E-state index in [9.17, 15) is 9.18 Å². The van der Waals surface area contributed by atoms with Gasteiger partial charge in [-0.05, 0) is 24.3 Å². The van der Waals surface area contributed by atoms with Crippen molar-refractivity contribution < 1.29 is 13.9 Å². The van der Waals surface area contributed by atoms with Crippen LogP contribution >= 0.6 is 15.9 Å². The number of carbonyl (C=O) groups is 1. The Bertz CT molecular complexity index is 552. The number of methoxy groups -OCH3 is 1. The standard InChI is InChI=1S/C12H11BrFNO2/c1-17-12(16)10(13)7-15-5-4-8-6-9(14)2-3-11(8)15/h2-6,10H,7H2,1H3. The first-order chi connectivity index (χ1) is 8.11. The molecule has 1 heterocycles. The van der Waals surface area contributed by atoms with E-state index in [2.05, 4.69) is 20.7 Å². The minimum atomic E-state index is -0.409. The van der Waals surface area contributed by atoms with Crippen LogP contribution in [0.2, 0.25) is 0 Å². The third-order valence-electron chi connectivity index (χ3n) is 2.55. The van der Waals surface area contributed by atoms with E-state index in [1.165, 1.54) is 19.2 Å². The van der Waals surface area contributed by atoms with Gasteiger partial charge < -0.3 is 9.30 Å². The Morgan fingerprint density at radius 1 is 1.53 bits per heavy atom. The van der Waals surface area contributed by atoms with E-state index in [1.807, 2.05) is 16.8 Å². The molecular weight excluding hydrogens is 289 g/mol. The molecule has 1 aromatic heterocycles. The third kappa shape index (κ3) is 2.49. The van der Waals surface area contributed by atoms with E-state index in [4.69, 9.17) is 0 Å². The van der Waals surface area contributed by atoms with Crippen LogP contribution < -0.4 is 0 Å². The Kier molecular flexibility index (Phi) is 3.47. The van der Waals surface area contributed by atoms with E-state index in [0.29, 0.717) is 6.54 Å². The minimum absolute atomic E-state index is 0.265. The number of esters is 1. The normalized spacial score (nSPS) is 12.6. The van der Waals surface area contributed by atoms with Gasteiger partial charge in [0, 0.05) is 23.6 Å². The molecule has 0 aliphatic heterocycles. The lowest BCUT2D eigenvalue weighted by molar-refractivity contribution is -0.140. The summed E-state index contributed by atoms with van der Waals surface area (Å²) < 4.78 is 19.5. The van der Waals surface area contributed by atoms with Gasteiger partial charge in [0.15, 0.2) is 0 Å². The van der Waals surface area contributed by atoms with E-state index in [0.717, 1.165) is 10.9 Å². The molecule has 0 radical (unpaired) electrons. The van der Waals surface area contributed by atoms with Gasteiger partial charge in [-0.1, -0.05) is 15.9 Å². The van der Waals surface area contributed by atoms with Crippen molar-refractivity contribution in [3.63, 3.8) is 0 Å². The molecule has 1 aromatic carbocycles. The molecule has 0 bridgehead atoms. The second-order valence-corrected chi connectivity index (χ2v) is 4.77. The van der Waals surface area contributed by atoms with Gasteiger partial charge in [0.25, 0.3) is 0 Å². The predicted octanol–water partition coefficient (Wildman–Crippen LogP) is 2.72. The Balaban J connectivity index is 2.28. The highest BCUT2D eigenvalue weighted by atomic mass is 79.9. The van der Waals surface area contributed by atoms with Crippen LogP contribution in [0.4, 0.5) is 4.39 Å². The van der Waals surface area contributed by atoms with Crippen LogP contribution in [0.5, 0.6) is 0 Å². The molecular formula is C12H11BrFNO2. The Hall–Kier alpha value is -1.36. The summed E-state index contributed by atoms with van der Waals surface area (Å²) in [4.78, 5) is 10.9. The molecule has 0 saturated carbocycles. The summed E-state index contributed by atoms with van der Waals surface area (Å²) in [5, 5.41) is 0.814. The summed E-state index contributed by atoms with van der Waals surface area (Å²) in [6.45, 7) is 0.446. The number of ether oxygens (including phenoxy) is 1. The molecule has 0 spiro atoms. The first-order valence-corrected chi connectivity index (χ1v) is 5.99. The molecule has 3 nitrogen and oxygen atoms in total. The van der Waals surface area contributed by atoms with E-state index < -0.39 is 4.83 Å². The van der Waals surface area contributed by atoms with Crippen LogP contribution in [-0.2, 0) is 16.1 Å². The average Bonchev–Trinajstić information content (AvgIpc) is 2.70. The van der Waals surface area contributed by atoms with Gasteiger partial charge in [-0.25, -0.2) is 4.39 Å². The molecule has 90 valence electrons. The molecule has 2 aromatic rings. The molecule has 0 aliphatic carbocycles.